The van der Waals surface area contributed by atoms with Gasteiger partial charge in [-0.15, -0.1) is 5.10 Å². The first-order valence-electron chi connectivity index (χ1n) is 9.00. The quantitative estimate of drug-likeness (QED) is 0.771. The van der Waals surface area contributed by atoms with E-state index in [0.29, 0.717) is 11.6 Å². The number of hydrogen-bond acceptors (Lipinski definition) is 3. The van der Waals surface area contributed by atoms with Crippen molar-refractivity contribution in [1.82, 2.24) is 15.0 Å². The molecule has 0 saturated heterocycles. The standard InChI is InChI=1S/C20H22N4O/c1-2-14-6-5-7-16(12-14)21-20(25)15-10-11-19-18(13-15)22-23-24(19)17-8-3-4-9-17/h5-7,10-13,17H,2-4,8-9H2,1H3,(H,21,25). The highest BCUT2D eigenvalue weighted by Gasteiger charge is 2.20. The minimum atomic E-state index is -0.120. The molecule has 1 aliphatic carbocycles. The van der Waals surface area contributed by atoms with E-state index in [2.05, 4.69) is 28.6 Å². The second-order valence-electron chi connectivity index (χ2n) is 6.68. The molecule has 5 heteroatoms. The van der Waals surface area contributed by atoms with Gasteiger partial charge in [-0.1, -0.05) is 37.1 Å². The van der Waals surface area contributed by atoms with Crippen LogP contribution in [0.3, 0.4) is 0 Å². The topological polar surface area (TPSA) is 59.8 Å². The lowest BCUT2D eigenvalue weighted by Gasteiger charge is -2.10. The Morgan fingerprint density at radius 3 is 2.84 bits per heavy atom. The van der Waals surface area contributed by atoms with Gasteiger partial charge in [-0.2, -0.15) is 0 Å². The smallest absolute Gasteiger partial charge is 0.255 e. The largest absolute Gasteiger partial charge is 0.322 e. The van der Waals surface area contributed by atoms with Crippen LogP contribution in [0.25, 0.3) is 11.0 Å². The third kappa shape index (κ3) is 3.14. The lowest BCUT2D eigenvalue weighted by Crippen LogP contribution is -2.12. The van der Waals surface area contributed by atoms with Crippen molar-refractivity contribution < 1.29 is 4.79 Å². The highest BCUT2D eigenvalue weighted by molar-refractivity contribution is 6.05. The predicted octanol–water partition coefficient (Wildman–Crippen LogP) is 4.36. The number of aryl methyl sites for hydroxylation is 1. The van der Waals surface area contributed by atoms with Crippen molar-refractivity contribution in [2.75, 3.05) is 5.32 Å². The fourth-order valence-electron chi connectivity index (χ4n) is 3.57. The predicted molar refractivity (Wildman–Crippen MR) is 98.8 cm³/mol. The molecule has 5 nitrogen and oxygen atoms in total. The Labute approximate surface area is 147 Å². The number of fused-ring (bicyclic) bond motifs is 1. The normalized spacial score (nSPS) is 14.9. The van der Waals surface area contributed by atoms with E-state index in [-0.39, 0.29) is 5.91 Å². The maximum absolute atomic E-state index is 12.6. The summed E-state index contributed by atoms with van der Waals surface area (Å²) in [6.45, 7) is 2.10. The van der Waals surface area contributed by atoms with Gasteiger partial charge in [0.25, 0.3) is 5.91 Å². The molecule has 2 aromatic carbocycles. The molecule has 3 aromatic rings. The highest BCUT2D eigenvalue weighted by Crippen LogP contribution is 2.31. The van der Waals surface area contributed by atoms with Crippen molar-refractivity contribution in [3.8, 4) is 0 Å². The molecule has 0 aliphatic heterocycles. The zero-order chi connectivity index (χ0) is 17.2. The van der Waals surface area contributed by atoms with Crippen LogP contribution in [0.1, 0.15) is 54.6 Å². The zero-order valence-electron chi connectivity index (χ0n) is 14.4. The Balaban J connectivity index is 1.57. The molecular formula is C20H22N4O. The maximum atomic E-state index is 12.6. The molecule has 4 rings (SSSR count). The van der Waals surface area contributed by atoms with Gasteiger partial charge >= 0.3 is 0 Å². The number of benzene rings is 2. The van der Waals surface area contributed by atoms with E-state index in [0.717, 1.165) is 36.0 Å². The van der Waals surface area contributed by atoms with E-state index in [1.807, 2.05) is 41.1 Å². The summed E-state index contributed by atoms with van der Waals surface area (Å²) >= 11 is 0. The Kier molecular flexibility index (Phi) is 4.22. The van der Waals surface area contributed by atoms with Crippen LogP contribution in [0.4, 0.5) is 5.69 Å². The monoisotopic (exact) mass is 334 g/mol. The van der Waals surface area contributed by atoms with Crippen LogP contribution in [-0.2, 0) is 6.42 Å². The lowest BCUT2D eigenvalue weighted by molar-refractivity contribution is 0.102. The van der Waals surface area contributed by atoms with Gasteiger partial charge in [-0.3, -0.25) is 4.79 Å². The van der Waals surface area contributed by atoms with Crippen LogP contribution >= 0.6 is 0 Å². The first-order valence-corrected chi connectivity index (χ1v) is 9.00. The third-order valence-corrected chi connectivity index (χ3v) is 5.00. The number of aromatic nitrogens is 3. The number of hydrogen-bond donors (Lipinski definition) is 1. The van der Waals surface area contributed by atoms with Crippen molar-refractivity contribution in [3.63, 3.8) is 0 Å². The van der Waals surface area contributed by atoms with Crippen LogP contribution < -0.4 is 5.32 Å². The van der Waals surface area contributed by atoms with Gasteiger partial charge in [-0.25, -0.2) is 4.68 Å². The first-order chi connectivity index (χ1) is 12.2. The summed E-state index contributed by atoms with van der Waals surface area (Å²) in [5, 5.41) is 11.6. The summed E-state index contributed by atoms with van der Waals surface area (Å²) < 4.78 is 2.02. The summed E-state index contributed by atoms with van der Waals surface area (Å²) in [6.07, 6.45) is 5.77. The minimum absolute atomic E-state index is 0.120. The summed E-state index contributed by atoms with van der Waals surface area (Å²) in [6, 6.07) is 14.0. The van der Waals surface area contributed by atoms with E-state index in [9.17, 15) is 4.79 Å². The molecule has 1 aliphatic rings. The van der Waals surface area contributed by atoms with Crippen molar-refractivity contribution in [3.05, 3.63) is 53.6 Å². The molecule has 0 radical (unpaired) electrons. The summed E-state index contributed by atoms with van der Waals surface area (Å²) in [5.74, 6) is -0.120. The molecule has 1 heterocycles. The van der Waals surface area contributed by atoms with E-state index in [1.165, 1.54) is 18.4 Å². The molecular weight excluding hydrogens is 312 g/mol. The Morgan fingerprint density at radius 1 is 1.20 bits per heavy atom. The molecule has 0 unspecified atom stereocenters. The van der Waals surface area contributed by atoms with E-state index in [4.69, 9.17) is 0 Å². The van der Waals surface area contributed by atoms with Crippen LogP contribution in [0, 0.1) is 0 Å². The molecule has 1 N–H and O–H groups in total. The average Bonchev–Trinajstić information content (AvgIpc) is 3.30. The van der Waals surface area contributed by atoms with Gasteiger partial charge in [0.1, 0.15) is 5.52 Å². The Hall–Kier alpha value is -2.69. The fourth-order valence-corrected chi connectivity index (χ4v) is 3.57. The molecule has 1 aromatic heterocycles. The highest BCUT2D eigenvalue weighted by atomic mass is 16.1. The third-order valence-electron chi connectivity index (χ3n) is 5.00. The van der Waals surface area contributed by atoms with Crippen molar-refractivity contribution in [1.29, 1.82) is 0 Å². The van der Waals surface area contributed by atoms with E-state index >= 15 is 0 Å². The van der Waals surface area contributed by atoms with Gasteiger partial charge in [0, 0.05) is 11.3 Å². The van der Waals surface area contributed by atoms with Gasteiger partial charge in [0.05, 0.1) is 11.6 Å². The summed E-state index contributed by atoms with van der Waals surface area (Å²) in [5.41, 5.74) is 4.41. The number of anilines is 1. The summed E-state index contributed by atoms with van der Waals surface area (Å²) in [7, 11) is 0. The maximum Gasteiger partial charge on any atom is 0.255 e. The van der Waals surface area contributed by atoms with Crippen molar-refractivity contribution >= 4 is 22.6 Å². The number of rotatable bonds is 4. The lowest BCUT2D eigenvalue weighted by atomic mass is 10.1. The van der Waals surface area contributed by atoms with Gasteiger partial charge < -0.3 is 5.32 Å². The molecule has 25 heavy (non-hydrogen) atoms. The van der Waals surface area contributed by atoms with E-state index in [1.54, 1.807) is 0 Å². The molecule has 0 bridgehead atoms. The van der Waals surface area contributed by atoms with Crippen molar-refractivity contribution in [2.24, 2.45) is 0 Å². The van der Waals surface area contributed by atoms with Crippen LogP contribution in [-0.4, -0.2) is 20.9 Å². The molecule has 0 spiro atoms. The van der Waals surface area contributed by atoms with Crippen LogP contribution in [0.5, 0.6) is 0 Å². The SMILES string of the molecule is CCc1cccc(NC(=O)c2ccc3c(c2)nnn3C2CCCC2)c1. The Bertz CT molecular complexity index is 909. The number of amides is 1. The van der Waals surface area contributed by atoms with Gasteiger partial charge in [0.15, 0.2) is 0 Å². The minimum Gasteiger partial charge on any atom is -0.322 e. The average molecular weight is 334 g/mol. The fraction of sp³-hybridized carbons (Fsp3) is 0.350. The van der Waals surface area contributed by atoms with Crippen molar-refractivity contribution in [2.45, 2.75) is 45.1 Å². The molecule has 1 amide bonds. The molecule has 128 valence electrons. The van der Waals surface area contributed by atoms with Crippen LogP contribution in [0.2, 0.25) is 0 Å². The zero-order valence-corrected chi connectivity index (χ0v) is 14.4. The number of carbonyl (C=O) groups is 1. The van der Waals surface area contributed by atoms with Crippen LogP contribution in [0.15, 0.2) is 42.5 Å². The van der Waals surface area contributed by atoms with E-state index < -0.39 is 0 Å². The Morgan fingerprint density at radius 2 is 2.04 bits per heavy atom. The molecule has 1 saturated carbocycles. The number of carbonyl (C=O) groups excluding carboxylic acids is 1. The molecule has 0 atom stereocenters. The number of nitrogens with one attached hydrogen (secondary N) is 1. The second kappa shape index (κ2) is 6.67. The van der Waals surface area contributed by atoms with Gasteiger partial charge in [0.2, 0.25) is 0 Å². The van der Waals surface area contributed by atoms with Gasteiger partial charge in [-0.05, 0) is 55.2 Å². The summed E-state index contributed by atoms with van der Waals surface area (Å²) in [4.78, 5) is 12.6. The number of nitrogens with zero attached hydrogens (tertiary/aromatic N) is 3. The second-order valence-corrected chi connectivity index (χ2v) is 6.68. The first kappa shape index (κ1) is 15.8. The molecule has 1 fully saturated rings.